The largest absolute Gasteiger partial charge is 0.368 e. The van der Waals surface area contributed by atoms with Gasteiger partial charge in [0.15, 0.2) is 0 Å². The van der Waals surface area contributed by atoms with E-state index in [0.29, 0.717) is 6.54 Å². The number of hydrogen-bond donors (Lipinski definition) is 1. The summed E-state index contributed by atoms with van der Waals surface area (Å²) >= 11 is 0. The van der Waals surface area contributed by atoms with Crippen LogP contribution >= 0.6 is 0 Å². The zero-order valence-corrected chi connectivity index (χ0v) is 12.7. The minimum Gasteiger partial charge on any atom is -0.368 e. The first kappa shape index (κ1) is 15.3. The fourth-order valence-corrected chi connectivity index (χ4v) is 3.63. The highest BCUT2D eigenvalue weighted by Crippen LogP contribution is 2.33. The highest BCUT2D eigenvalue weighted by Gasteiger charge is 2.42. The summed E-state index contributed by atoms with van der Waals surface area (Å²) in [5.74, 6) is 0.109. The lowest BCUT2D eigenvalue weighted by atomic mass is 9.96. The molecule has 0 aromatic rings. The second-order valence-corrected chi connectivity index (χ2v) is 6.26. The van der Waals surface area contributed by atoms with Crippen LogP contribution in [-0.2, 0) is 9.59 Å². The van der Waals surface area contributed by atoms with Gasteiger partial charge in [-0.15, -0.1) is 0 Å². The Morgan fingerprint density at radius 3 is 2.60 bits per heavy atom. The van der Waals surface area contributed by atoms with E-state index < -0.39 is 0 Å². The second kappa shape index (κ2) is 6.57. The summed E-state index contributed by atoms with van der Waals surface area (Å²) in [7, 11) is 2.03. The van der Waals surface area contributed by atoms with Crippen LogP contribution in [0.5, 0.6) is 0 Å². The van der Waals surface area contributed by atoms with E-state index >= 15 is 0 Å². The van der Waals surface area contributed by atoms with Gasteiger partial charge >= 0.3 is 0 Å². The summed E-state index contributed by atoms with van der Waals surface area (Å²) in [5.41, 5.74) is 5.59. The van der Waals surface area contributed by atoms with E-state index in [2.05, 4.69) is 11.8 Å². The Hall–Kier alpha value is -1.10. The molecule has 2 unspecified atom stereocenters. The third-order valence-electron chi connectivity index (χ3n) is 4.90. The molecule has 0 aromatic carbocycles. The van der Waals surface area contributed by atoms with Gasteiger partial charge in [-0.2, -0.15) is 0 Å². The van der Waals surface area contributed by atoms with Gasteiger partial charge in [-0.1, -0.05) is 19.8 Å². The molecule has 1 aliphatic heterocycles. The minimum atomic E-state index is -0.373. The van der Waals surface area contributed by atoms with Crippen molar-refractivity contribution in [1.82, 2.24) is 9.80 Å². The molecule has 0 radical (unpaired) electrons. The molecule has 0 spiro atoms. The predicted molar refractivity (Wildman–Crippen MR) is 77.9 cm³/mol. The van der Waals surface area contributed by atoms with Crippen molar-refractivity contribution in [2.45, 2.75) is 45.1 Å². The number of likely N-dealkylation sites (tertiary alicyclic amines) is 1. The van der Waals surface area contributed by atoms with Crippen LogP contribution in [0.2, 0.25) is 0 Å². The second-order valence-electron chi connectivity index (χ2n) is 6.26. The molecule has 2 aliphatic rings. The van der Waals surface area contributed by atoms with Crippen molar-refractivity contribution in [3.05, 3.63) is 0 Å². The van der Waals surface area contributed by atoms with Crippen LogP contribution in [0.1, 0.15) is 39.0 Å². The number of nitrogens with zero attached hydrogens (tertiary/aromatic N) is 2. The zero-order valence-electron chi connectivity index (χ0n) is 12.7. The molecule has 1 saturated carbocycles. The first-order valence-electron chi connectivity index (χ1n) is 7.83. The lowest BCUT2D eigenvalue weighted by Crippen LogP contribution is -2.50. The van der Waals surface area contributed by atoms with E-state index in [9.17, 15) is 9.59 Å². The number of carbonyl (C=O) groups is 2. The molecular formula is C15H27N3O2. The minimum absolute atomic E-state index is 0.0307. The molecule has 0 bridgehead atoms. The number of hydrogen-bond acceptors (Lipinski definition) is 3. The van der Waals surface area contributed by atoms with E-state index in [0.717, 1.165) is 45.2 Å². The van der Waals surface area contributed by atoms with Crippen LogP contribution in [0.4, 0.5) is 0 Å². The third kappa shape index (κ3) is 3.14. The van der Waals surface area contributed by atoms with Crippen molar-refractivity contribution in [3.8, 4) is 0 Å². The normalized spacial score (nSPS) is 25.6. The first-order chi connectivity index (χ1) is 9.54. The molecule has 5 nitrogen and oxygen atoms in total. The van der Waals surface area contributed by atoms with E-state index in [4.69, 9.17) is 5.73 Å². The zero-order chi connectivity index (χ0) is 14.7. The highest BCUT2D eigenvalue weighted by molar-refractivity contribution is 5.89. The highest BCUT2D eigenvalue weighted by atomic mass is 16.2. The molecule has 1 aliphatic carbocycles. The number of nitrogens with two attached hydrogens (primary N) is 1. The number of rotatable bonds is 6. The SMILES string of the molecule is CCN(C)CC1CCN(C(C(N)=O)C2CCCC2)C1=O. The lowest BCUT2D eigenvalue weighted by Gasteiger charge is -2.30. The molecule has 114 valence electrons. The molecule has 2 fully saturated rings. The molecule has 2 atom stereocenters. The fourth-order valence-electron chi connectivity index (χ4n) is 3.63. The van der Waals surface area contributed by atoms with Gasteiger partial charge in [0.1, 0.15) is 6.04 Å². The molecular weight excluding hydrogens is 254 g/mol. The third-order valence-corrected chi connectivity index (χ3v) is 4.90. The van der Waals surface area contributed by atoms with Crippen LogP contribution in [-0.4, -0.2) is 54.3 Å². The number of carbonyl (C=O) groups excluding carboxylic acids is 2. The Morgan fingerprint density at radius 2 is 2.05 bits per heavy atom. The van der Waals surface area contributed by atoms with Crippen molar-refractivity contribution < 1.29 is 9.59 Å². The maximum absolute atomic E-state index is 12.6. The quantitative estimate of drug-likeness (QED) is 0.784. The van der Waals surface area contributed by atoms with Crippen molar-refractivity contribution in [2.75, 3.05) is 26.7 Å². The van der Waals surface area contributed by atoms with E-state index in [-0.39, 0.29) is 29.7 Å². The van der Waals surface area contributed by atoms with Gasteiger partial charge in [-0.3, -0.25) is 9.59 Å². The molecule has 2 N–H and O–H groups in total. The molecule has 0 aromatic heterocycles. The van der Waals surface area contributed by atoms with Gasteiger partial charge in [-0.25, -0.2) is 0 Å². The maximum atomic E-state index is 12.6. The Kier molecular flexibility index (Phi) is 5.02. The molecule has 2 rings (SSSR count). The van der Waals surface area contributed by atoms with E-state index in [1.165, 1.54) is 0 Å². The first-order valence-corrected chi connectivity index (χ1v) is 7.83. The van der Waals surface area contributed by atoms with E-state index in [1.807, 2.05) is 7.05 Å². The Bertz CT molecular complexity index is 366. The van der Waals surface area contributed by atoms with Crippen molar-refractivity contribution in [3.63, 3.8) is 0 Å². The van der Waals surface area contributed by atoms with Gasteiger partial charge in [-0.05, 0) is 38.8 Å². The van der Waals surface area contributed by atoms with Crippen LogP contribution in [0.15, 0.2) is 0 Å². The summed E-state index contributed by atoms with van der Waals surface area (Å²) in [4.78, 5) is 28.3. The molecule has 1 heterocycles. The summed E-state index contributed by atoms with van der Waals surface area (Å²) < 4.78 is 0. The summed E-state index contributed by atoms with van der Waals surface area (Å²) in [6, 6.07) is -0.373. The standard InChI is InChI=1S/C15H27N3O2/c1-3-17(2)10-12-8-9-18(15(12)20)13(14(16)19)11-6-4-5-7-11/h11-13H,3-10H2,1-2H3,(H2,16,19). The Labute approximate surface area is 121 Å². The Balaban J connectivity index is 2.03. The monoisotopic (exact) mass is 281 g/mol. The Morgan fingerprint density at radius 1 is 1.40 bits per heavy atom. The smallest absolute Gasteiger partial charge is 0.240 e. The van der Waals surface area contributed by atoms with Crippen molar-refractivity contribution >= 4 is 11.8 Å². The van der Waals surface area contributed by atoms with Crippen LogP contribution in [0.3, 0.4) is 0 Å². The molecule has 2 amide bonds. The average Bonchev–Trinajstić information content (AvgIpc) is 3.03. The average molecular weight is 281 g/mol. The van der Waals surface area contributed by atoms with Gasteiger partial charge in [0, 0.05) is 13.1 Å². The van der Waals surface area contributed by atoms with Gasteiger partial charge in [0.2, 0.25) is 11.8 Å². The molecule has 1 saturated heterocycles. The van der Waals surface area contributed by atoms with Crippen molar-refractivity contribution in [1.29, 1.82) is 0 Å². The van der Waals surface area contributed by atoms with Gasteiger partial charge < -0.3 is 15.5 Å². The number of amides is 2. The van der Waals surface area contributed by atoms with Crippen LogP contribution in [0.25, 0.3) is 0 Å². The summed E-state index contributed by atoms with van der Waals surface area (Å²) in [6.45, 7) is 4.49. The topological polar surface area (TPSA) is 66.6 Å². The number of primary amides is 1. The van der Waals surface area contributed by atoms with E-state index in [1.54, 1.807) is 4.90 Å². The van der Waals surface area contributed by atoms with Crippen LogP contribution < -0.4 is 5.73 Å². The lowest BCUT2D eigenvalue weighted by molar-refractivity contribution is -0.140. The predicted octanol–water partition coefficient (Wildman–Crippen LogP) is 0.831. The fraction of sp³-hybridized carbons (Fsp3) is 0.867. The summed E-state index contributed by atoms with van der Waals surface area (Å²) in [6.07, 6.45) is 5.20. The molecule has 20 heavy (non-hydrogen) atoms. The van der Waals surface area contributed by atoms with Crippen molar-refractivity contribution in [2.24, 2.45) is 17.6 Å². The van der Waals surface area contributed by atoms with Gasteiger partial charge in [0.05, 0.1) is 5.92 Å². The summed E-state index contributed by atoms with van der Waals surface area (Å²) in [5, 5.41) is 0. The van der Waals surface area contributed by atoms with Crippen LogP contribution in [0, 0.1) is 11.8 Å². The van der Waals surface area contributed by atoms with Gasteiger partial charge in [0.25, 0.3) is 0 Å². The maximum Gasteiger partial charge on any atom is 0.240 e. The molecule has 5 heteroatoms.